The zero-order chi connectivity index (χ0) is 16.8. The molecule has 0 radical (unpaired) electrons. The zero-order valence-corrected chi connectivity index (χ0v) is 13.8. The van der Waals surface area contributed by atoms with E-state index in [1.54, 1.807) is 30.5 Å². The average Bonchev–Trinajstić information content (AvgIpc) is 2.61. The van der Waals surface area contributed by atoms with Crippen molar-refractivity contribution in [3.8, 4) is 5.75 Å². The third kappa shape index (κ3) is 4.59. The zero-order valence-electron chi connectivity index (χ0n) is 13.1. The molecule has 1 saturated heterocycles. The normalized spacial score (nSPS) is 14.3. The van der Waals surface area contributed by atoms with Gasteiger partial charge in [0.05, 0.1) is 25.1 Å². The van der Waals surface area contributed by atoms with Crippen molar-refractivity contribution in [2.24, 2.45) is 0 Å². The van der Waals surface area contributed by atoms with Crippen molar-refractivity contribution in [3.63, 3.8) is 0 Å². The molecule has 0 bridgehead atoms. The Hall–Kier alpha value is -2.31. The Labute approximate surface area is 145 Å². The quantitative estimate of drug-likeness (QED) is 0.900. The van der Waals surface area contributed by atoms with E-state index in [1.165, 1.54) is 0 Å². The third-order valence-corrected chi connectivity index (χ3v) is 3.77. The lowest BCUT2D eigenvalue weighted by atomic mass is 10.3. The molecule has 1 N–H and O–H groups in total. The number of rotatable bonds is 5. The first kappa shape index (κ1) is 16.5. The summed E-state index contributed by atoms with van der Waals surface area (Å²) in [6.45, 7) is 2.98. The highest BCUT2D eigenvalue weighted by Crippen LogP contribution is 2.18. The molecule has 1 aliphatic rings. The van der Waals surface area contributed by atoms with Crippen LogP contribution in [-0.4, -0.2) is 43.8 Å². The average molecular weight is 348 g/mol. The van der Waals surface area contributed by atoms with Crippen molar-refractivity contribution in [1.29, 1.82) is 0 Å². The molecule has 1 aliphatic heterocycles. The molecule has 1 amide bonds. The molecule has 0 atom stereocenters. The maximum absolute atomic E-state index is 11.9. The summed E-state index contributed by atoms with van der Waals surface area (Å²) in [6, 6.07) is 10.6. The third-order valence-electron chi connectivity index (χ3n) is 3.53. The molecular formula is C17H18ClN3O3. The number of carbonyl (C=O) groups is 1. The van der Waals surface area contributed by atoms with Crippen molar-refractivity contribution in [2.75, 3.05) is 43.1 Å². The maximum Gasteiger partial charge on any atom is 0.262 e. The highest BCUT2D eigenvalue weighted by Gasteiger charge is 2.12. The van der Waals surface area contributed by atoms with E-state index in [0.717, 1.165) is 18.9 Å². The number of nitrogens with zero attached hydrogens (tertiary/aromatic N) is 2. The van der Waals surface area contributed by atoms with Gasteiger partial charge in [0.2, 0.25) is 0 Å². The number of benzene rings is 1. The van der Waals surface area contributed by atoms with Gasteiger partial charge in [-0.15, -0.1) is 0 Å². The van der Waals surface area contributed by atoms with Crippen LogP contribution in [0.1, 0.15) is 0 Å². The van der Waals surface area contributed by atoms with Gasteiger partial charge in [-0.3, -0.25) is 4.79 Å². The molecule has 2 aromatic rings. The van der Waals surface area contributed by atoms with E-state index in [0.29, 0.717) is 29.7 Å². The van der Waals surface area contributed by atoms with Crippen LogP contribution in [0.2, 0.25) is 5.02 Å². The molecule has 3 rings (SSSR count). The summed E-state index contributed by atoms with van der Waals surface area (Å²) in [5, 5.41) is 3.32. The van der Waals surface area contributed by atoms with Gasteiger partial charge in [-0.1, -0.05) is 17.7 Å². The summed E-state index contributed by atoms with van der Waals surface area (Å²) < 4.78 is 10.7. The monoisotopic (exact) mass is 347 g/mol. The number of nitrogens with one attached hydrogen (secondary N) is 1. The topological polar surface area (TPSA) is 63.7 Å². The van der Waals surface area contributed by atoms with E-state index in [9.17, 15) is 4.79 Å². The number of aromatic nitrogens is 1. The molecule has 126 valence electrons. The van der Waals surface area contributed by atoms with Crippen molar-refractivity contribution in [3.05, 3.63) is 47.6 Å². The van der Waals surface area contributed by atoms with Gasteiger partial charge in [-0.25, -0.2) is 4.98 Å². The van der Waals surface area contributed by atoms with Gasteiger partial charge in [-0.2, -0.15) is 0 Å². The number of halogens is 1. The van der Waals surface area contributed by atoms with Crippen molar-refractivity contribution >= 4 is 29.0 Å². The number of hydrogen-bond donors (Lipinski definition) is 1. The molecule has 0 unspecified atom stereocenters. The second kappa shape index (κ2) is 7.99. The van der Waals surface area contributed by atoms with Gasteiger partial charge in [-0.05, 0) is 30.3 Å². The second-order valence-corrected chi connectivity index (χ2v) is 5.74. The van der Waals surface area contributed by atoms with Crippen molar-refractivity contribution in [2.45, 2.75) is 0 Å². The second-order valence-electron chi connectivity index (χ2n) is 5.30. The highest BCUT2D eigenvalue weighted by atomic mass is 35.5. The smallest absolute Gasteiger partial charge is 0.262 e. The Balaban J connectivity index is 1.50. The van der Waals surface area contributed by atoms with E-state index in [4.69, 9.17) is 21.1 Å². The summed E-state index contributed by atoms with van der Waals surface area (Å²) in [5.41, 5.74) is 0.631. The van der Waals surface area contributed by atoms with Crippen LogP contribution in [0.3, 0.4) is 0 Å². The molecule has 0 aliphatic carbocycles. The van der Waals surface area contributed by atoms with Gasteiger partial charge in [0.1, 0.15) is 11.6 Å². The first-order valence-electron chi connectivity index (χ1n) is 7.68. The van der Waals surface area contributed by atoms with Crippen molar-refractivity contribution in [1.82, 2.24) is 4.98 Å². The minimum Gasteiger partial charge on any atom is -0.484 e. The predicted molar refractivity (Wildman–Crippen MR) is 92.8 cm³/mol. The number of anilines is 2. The lowest BCUT2D eigenvalue weighted by molar-refractivity contribution is -0.118. The first-order chi connectivity index (χ1) is 11.7. The molecule has 1 aromatic carbocycles. The molecule has 1 fully saturated rings. The minimum absolute atomic E-state index is 0.0917. The van der Waals surface area contributed by atoms with Gasteiger partial charge >= 0.3 is 0 Å². The van der Waals surface area contributed by atoms with Crippen LogP contribution >= 0.6 is 11.6 Å². The molecule has 0 saturated carbocycles. The van der Waals surface area contributed by atoms with Crippen LogP contribution in [0.25, 0.3) is 0 Å². The van der Waals surface area contributed by atoms with Crippen LogP contribution in [0.15, 0.2) is 42.6 Å². The summed E-state index contributed by atoms with van der Waals surface area (Å²) in [7, 11) is 0. The van der Waals surface area contributed by atoms with Gasteiger partial charge < -0.3 is 19.7 Å². The minimum atomic E-state index is -0.254. The Bertz CT molecular complexity index is 688. The van der Waals surface area contributed by atoms with Gasteiger partial charge in [0.25, 0.3) is 5.91 Å². The van der Waals surface area contributed by atoms with E-state index in [2.05, 4.69) is 15.2 Å². The van der Waals surface area contributed by atoms with E-state index >= 15 is 0 Å². The molecule has 7 heteroatoms. The van der Waals surface area contributed by atoms with Gasteiger partial charge in [0, 0.05) is 18.1 Å². The Morgan fingerprint density at radius 2 is 2.12 bits per heavy atom. The number of pyridine rings is 1. The van der Waals surface area contributed by atoms with Crippen LogP contribution in [-0.2, 0) is 9.53 Å². The summed E-state index contributed by atoms with van der Waals surface area (Å²) in [6.07, 6.45) is 1.64. The standard InChI is InChI=1S/C17H18ClN3O3/c18-13-2-1-3-15(10-13)24-12-17(22)20-14-4-5-16(19-11-14)21-6-8-23-9-7-21/h1-5,10-11H,6-9,12H2,(H,20,22). The molecule has 2 heterocycles. The fourth-order valence-corrected chi connectivity index (χ4v) is 2.52. The highest BCUT2D eigenvalue weighted by molar-refractivity contribution is 6.30. The Morgan fingerprint density at radius 1 is 1.29 bits per heavy atom. The first-order valence-corrected chi connectivity index (χ1v) is 8.05. The molecule has 24 heavy (non-hydrogen) atoms. The molecule has 6 nitrogen and oxygen atoms in total. The summed E-state index contributed by atoms with van der Waals surface area (Å²) in [4.78, 5) is 18.5. The number of amides is 1. The number of hydrogen-bond acceptors (Lipinski definition) is 5. The number of carbonyl (C=O) groups excluding carboxylic acids is 1. The SMILES string of the molecule is O=C(COc1cccc(Cl)c1)Nc1ccc(N2CCOCC2)nc1. The van der Waals surface area contributed by atoms with Gasteiger partial charge in [0.15, 0.2) is 6.61 Å². The van der Waals surface area contributed by atoms with E-state index in [1.807, 2.05) is 12.1 Å². The largest absolute Gasteiger partial charge is 0.484 e. The van der Waals surface area contributed by atoms with Crippen molar-refractivity contribution < 1.29 is 14.3 Å². The van der Waals surface area contributed by atoms with Crippen LogP contribution < -0.4 is 15.0 Å². The van der Waals surface area contributed by atoms with Crippen LogP contribution in [0, 0.1) is 0 Å². The Morgan fingerprint density at radius 3 is 2.83 bits per heavy atom. The number of ether oxygens (including phenoxy) is 2. The molecule has 1 aromatic heterocycles. The number of morpholine rings is 1. The fraction of sp³-hybridized carbons (Fsp3) is 0.294. The summed E-state index contributed by atoms with van der Waals surface area (Å²) >= 11 is 5.87. The van der Waals surface area contributed by atoms with Crippen LogP contribution in [0.5, 0.6) is 5.75 Å². The van der Waals surface area contributed by atoms with E-state index < -0.39 is 0 Å². The lowest BCUT2D eigenvalue weighted by Gasteiger charge is -2.27. The molecular weight excluding hydrogens is 330 g/mol. The fourth-order valence-electron chi connectivity index (χ4n) is 2.34. The van der Waals surface area contributed by atoms with E-state index in [-0.39, 0.29) is 12.5 Å². The molecule has 0 spiro atoms. The summed E-state index contributed by atoms with van der Waals surface area (Å²) in [5.74, 6) is 1.18. The predicted octanol–water partition coefficient (Wildman–Crippen LogP) is 2.59. The van der Waals surface area contributed by atoms with Crippen LogP contribution in [0.4, 0.5) is 11.5 Å². The maximum atomic E-state index is 11.9. The lowest BCUT2D eigenvalue weighted by Crippen LogP contribution is -2.36. The Kier molecular flexibility index (Phi) is 5.51.